The van der Waals surface area contributed by atoms with E-state index in [-0.39, 0.29) is 11.6 Å². The van der Waals surface area contributed by atoms with Crippen LogP contribution in [-0.2, 0) is 0 Å². The Balaban J connectivity index is 2.57. The van der Waals surface area contributed by atoms with Gasteiger partial charge in [0, 0.05) is 18.5 Å². The summed E-state index contributed by atoms with van der Waals surface area (Å²) in [5.41, 5.74) is 1.05. The Morgan fingerprint density at radius 2 is 2.00 bits per heavy atom. The number of benzene rings is 1. The highest BCUT2D eigenvalue weighted by Gasteiger charge is 2.10. The third kappa shape index (κ3) is 4.22. The molecule has 1 rings (SSSR count). The Labute approximate surface area is 109 Å². The number of ketones is 1. The zero-order valence-electron chi connectivity index (χ0n) is 11.5. The maximum atomic E-state index is 13.4. The van der Waals surface area contributed by atoms with Gasteiger partial charge in [0.05, 0.1) is 0 Å². The molecule has 0 radical (unpaired) electrons. The van der Waals surface area contributed by atoms with Crippen molar-refractivity contribution in [1.29, 1.82) is 0 Å². The van der Waals surface area contributed by atoms with E-state index in [0.29, 0.717) is 17.5 Å². The molecule has 0 fully saturated rings. The van der Waals surface area contributed by atoms with E-state index in [1.165, 1.54) is 6.07 Å². The molecule has 18 heavy (non-hydrogen) atoms. The second kappa shape index (κ2) is 7.27. The molecule has 0 aliphatic rings. The summed E-state index contributed by atoms with van der Waals surface area (Å²) < 4.78 is 13.4. The van der Waals surface area contributed by atoms with Crippen LogP contribution in [0.5, 0.6) is 0 Å². The van der Waals surface area contributed by atoms with Gasteiger partial charge in [-0.15, -0.1) is 0 Å². The largest absolute Gasteiger partial charge is 0.303 e. The number of hydrogen-bond acceptors (Lipinski definition) is 2. The standard InChI is InChI=1S/C15H22FNO/c1-4-9-17(5-2)10-8-15(18)13-7-6-12(3)14(16)11-13/h6-7,11H,4-5,8-10H2,1-3H3. The Hall–Kier alpha value is -1.22. The summed E-state index contributed by atoms with van der Waals surface area (Å²) in [4.78, 5) is 14.2. The van der Waals surface area contributed by atoms with Gasteiger partial charge in [-0.3, -0.25) is 4.79 Å². The van der Waals surface area contributed by atoms with E-state index in [1.807, 2.05) is 0 Å². The van der Waals surface area contributed by atoms with E-state index < -0.39 is 0 Å². The summed E-state index contributed by atoms with van der Waals surface area (Å²) in [6.45, 7) is 8.61. The number of carbonyl (C=O) groups excluding carboxylic acids is 1. The van der Waals surface area contributed by atoms with Crippen LogP contribution in [0.15, 0.2) is 18.2 Å². The fraction of sp³-hybridized carbons (Fsp3) is 0.533. The summed E-state index contributed by atoms with van der Waals surface area (Å²) in [5, 5.41) is 0. The van der Waals surface area contributed by atoms with Gasteiger partial charge in [-0.2, -0.15) is 0 Å². The van der Waals surface area contributed by atoms with E-state index >= 15 is 0 Å². The summed E-state index contributed by atoms with van der Waals surface area (Å²) in [6.07, 6.45) is 1.54. The molecule has 0 aliphatic heterocycles. The SMILES string of the molecule is CCCN(CC)CCC(=O)c1ccc(C)c(F)c1. The van der Waals surface area contributed by atoms with Crippen LogP contribution in [0.2, 0.25) is 0 Å². The molecule has 2 nitrogen and oxygen atoms in total. The molecule has 0 aromatic heterocycles. The summed E-state index contributed by atoms with van der Waals surface area (Å²) in [7, 11) is 0. The number of carbonyl (C=O) groups is 1. The molecular formula is C15H22FNO. The molecule has 3 heteroatoms. The van der Waals surface area contributed by atoms with Gasteiger partial charge in [-0.05, 0) is 38.1 Å². The van der Waals surface area contributed by atoms with E-state index in [2.05, 4.69) is 18.7 Å². The highest BCUT2D eigenvalue weighted by atomic mass is 19.1. The fourth-order valence-electron chi connectivity index (χ4n) is 1.91. The second-order valence-corrected chi connectivity index (χ2v) is 4.57. The van der Waals surface area contributed by atoms with Gasteiger partial charge in [-0.25, -0.2) is 4.39 Å². The van der Waals surface area contributed by atoms with Crippen LogP contribution < -0.4 is 0 Å². The van der Waals surface area contributed by atoms with Crippen LogP contribution >= 0.6 is 0 Å². The van der Waals surface area contributed by atoms with E-state index in [4.69, 9.17) is 0 Å². The van der Waals surface area contributed by atoms with Crippen LogP contribution in [0.25, 0.3) is 0 Å². The number of nitrogens with zero attached hydrogens (tertiary/aromatic N) is 1. The van der Waals surface area contributed by atoms with Crippen molar-refractivity contribution in [2.45, 2.75) is 33.6 Å². The zero-order valence-corrected chi connectivity index (χ0v) is 11.5. The van der Waals surface area contributed by atoms with Gasteiger partial charge in [0.2, 0.25) is 0 Å². The van der Waals surface area contributed by atoms with Crippen LogP contribution in [0.3, 0.4) is 0 Å². The van der Waals surface area contributed by atoms with Crippen molar-refractivity contribution in [3.05, 3.63) is 35.1 Å². The minimum absolute atomic E-state index is 0.0171. The maximum absolute atomic E-state index is 13.4. The molecule has 0 N–H and O–H groups in total. The van der Waals surface area contributed by atoms with Gasteiger partial charge >= 0.3 is 0 Å². The quantitative estimate of drug-likeness (QED) is 0.692. The average molecular weight is 251 g/mol. The lowest BCUT2D eigenvalue weighted by Gasteiger charge is -2.18. The zero-order chi connectivity index (χ0) is 13.5. The second-order valence-electron chi connectivity index (χ2n) is 4.57. The summed E-state index contributed by atoms with van der Waals surface area (Å²) >= 11 is 0. The monoisotopic (exact) mass is 251 g/mol. The lowest BCUT2D eigenvalue weighted by Crippen LogP contribution is -2.27. The molecule has 0 atom stereocenters. The van der Waals surface area contributed by atoms with Crippen molar-refractivity contribution in [3.8, 4) is 0 Å². The minimum atomic E-state index is -0.304. The molecule has 0 amide bonds. The lowest BCUT2D eigenvalue weighted by atomic mass is 10.1. The fourth-order valence-corrected chi connectivity index (χ4v) is 1.91. The van der Waals surface area contributed by atoms with E-state index in [0.717, 1.165) is 26.1 Å². The van der Waals surface area contributed by atoms with Crippen LogP contribution in [0.1, 0.15) is 42.6 Å². The van der Waals surface area contributed by atoms with Crippen molar-refractivity contribution < 1.29 is 9.18 Å². The van der Waals surface area contributed by atoms with Crippen LogP contribution in [0, 0.1) is 12.7 Å². The van der Waals surface area contributed by atoms with E-state index in [9.17, 15) is 9.18 Å². The van der Waals surface area contributed by atoms with Gasteiger partial charge < -0.3 is 4.90 Å². The first-order chi connectivity index (χ1) is 8.58. The third-order valence-corrected chi connectivity index (χ3v) is 3.14. The van der Waals surface area contributed by atoms with Gasteiger partial charge in [-0.1, -0.05) is 26.0 Å². The first-order valence-corrected chi connectivity index (χ1v) is 6.60. The number of aryl methyl sites for hydroxylation is 1. The van der Waals surface area contributed by atoms with E-state index in [1.54, 1.807) is 19.1 Å². The highest BCUT2D eigenvalue weighted by Crippen LogP contribution is 2.11. The number of halogens is 1. The average Bonchev–Trinajstić information content (AvgIpc) is 2.37. The first-order valence-electron chi connectivity index (χ1n) is 6.60. The number of Topliss-reactive ketones (excluding diaryl/α,β-unsaturated/α-hetero) is 1. The van der Waals surface area contributed by atoms with Crippen molar-refractivity contribution >= 4 is 5.78 Å². The topological polar surface area (TPSA) is 20.3 Å². The molecule has 1 aromatic rings. The predicted molar refractivity (Wildman–Crippen MR) is 72.5 cm³/mol. The molecule has 0 unspecified atom stereocenters. The molecule has 0 heterocycles. The Morgan fingerprint density at radius 3 is 2.56 bits per heavy atom. The van der Waals surface area contributed by atoms with Crippen molar-refractivity contribution in [3.63, 3.8) is 0 Å². The number of hydrogen-bond donors (Lipinski definition) is 0. The van der Waals surface area contributed by atoms with Crippen molar-refractivity contribution in [2.75, 3.05) is 19.6 Å². The molecular weight excluding hydrogens is 229 g/mol. The summed E-state index contributed by atoms with van der Waals surface area (Å²) in [5.74, 6) is -0.287. The molecule has 0 saturated heterocycles. The minimum Gasteiger partial charge on any atom is -0.303 e. The third-order valence-electron chi connectivity index (χ3n) is 3.14. The van der Waals surface area contributed by atoms with Gasteiger partial charge in [0.25, 0.3) is 0 Å². The molecule has 0 aliphatic carbocycles. The first kappa shape index (κ1) is 14.8. The van der Waals surface area contributed by atoms with Crippen molar-refractivity contribution in [1.82, 2.24) is 4.90 Å². The Morgan fingerprint density at radius 1 is 1.28 bits per heavy atom. The Kier molecular flexibility index (Phi) is 5.99. The van der Waals surface area contributed by atoms with Crippen molar-refractivity contribution in [2.24, 2.45) is 0 Å². The molecule has 0 spiro atoms. The summed E-state index contributed by atoms with van der Waals surface area (Å²) in [6, 6.07) is 4.71. The smallest absolute Gasteiger partial charge is 0.164 e. The number of rotatable bonds is 7. The predicted octanol–water partition coefficient (Wildman–Crippen LogP) is 3.44. The van der Waals surface area contributed by atoms with Gasteiger partial charge in [0.1, 0.15) is 5.82 Å². The molecule has 0 bridgehead atoms. The highest BCUT2D eigenvalue weighted by molar-refractivity contribution is 5.96. The molecule has 0 saturated carbocycles. The maximum Gasteiger partial charge on any atom is 0.164 e. The lowest BCUT2D eigenvalue weighted by molar-refractivity contribution is 0.0965. The van der Waals surface area contributed by atoms with Crippen LogP contribution in [-0.4, -0.2) is 30.3 Å². The van der Waals surface area contributed by atoms with Gasteiger partial charge in [0.15, 0.2) is 5.78 Å². The molecule has 1 aromatic carbocycles. The van der Waals surface area contributed by atoms with Crippen LogP contribution in [0.4, 0.5) is 4.39 Å². The Bertz CT molecular complexity index is 403. The normalized spacial score (nSPS) is 10.9. The molecule has 100 valence electrons.